The zero-order valence-corrected chi connectivity index (χ0v) is 14.9. The summed E-state index contributed by atoms with van der Waals surface area (Å²) < 4.78 is 5.07. The topological polar surface area (TPSA) is 79.3 Å². The highest BCUT2D eigenvalue weighted by atomic mass is 16.5. The summed E-state index contributed by atoms with van der Waals surface area (Å²) in [6.45, 7) is 7.00. The molecule has 2 aromatic rings. The molecular weight excluding hydrogens is 318 g/mol. The SMILES string of the molecule is COCCCNc1cc(C)nc(N2CCN(c3ncccn3)CC2)n1. The Balaban J connectivity index is 1.60. The van der Waals surface area contributed by atoms with Gasteiger partial charge in [-0.2, -0.15) is 4.98 Å². The van der Waals surface area contributed by atoms with Crippen molar-refractivity contribution < 1.29 is 4.74 Å². The number of ether oxygens (including phenoxy) is 1. The standard InChI is InChI=1S/C17H25N7O/c1-14-13-15(18-7-4-12-25-2)22-17(21-14)24-10-8-23(9-11-24)16-19-5-3-6-20-16/h3,5-6,13H,4,7-12H2,1-2H3,(H,18,21,22). The fraction of sp³-hybridized carbons (Fsp3) is 0.529. The van der Waals surface area contributed by atoms with E-state index in [1.807, 2.05) is 19.1 Å². The van der Waals surface area contributed by atoms with E-state index in [0.29, 0.717) is 0 Å². The smallest absolute Gasteiger partial charge is 0.227 e. The van der Waals surface area contributed by atoms with Crippen molar-refractivity contribution in [3.63, 3.8) is 0 Å². The number of piperazine rings is 1. The van der Waals surface area contributed by atoms with Gasteiger partial charge in [0.15, 0.2) is 0 Å². The minimum Gasteiger partial charge on any atom is -0.385 e. The fourth-order valence-corrected chi connectivity index (χ4v) is 2.78. The first-order valence-electron chi connectivity index (χ1n) is 8.61. The van der Waals surface area contributed by atoms with Crippen molar-refractivity contribution >= 4 is 17.7 Å². The zero-order chi connectivity index (χ0) is 17.5. The quantitative estimate of drug-likeness (QED) is 0.755. The lowest BCUT2D eigenvalue weighted by Crippen LogP contribution is -2.47. The second kappa shape index (κ2) is 8.57. The van der Waals surface area contributed by atoms with E-state index in [0.717, 1.165) is 69.2 Å². The maximum absolute atomic E-state index is 5.07. The Labute approximate surface area is 148 Å². The van der Waals surface area contributed by atoms with Gasteiger partial charge in [0.05, 0.1) is 0 Å². The number of rotatable bonds is 7. The third-order valence-electron chi connectivity index (χ3n) is 4.07. The van der Waals surface area contributed by atoms with Crippen LogP contribution in [0, 0.1) is 6.92 Å². The van der Waals surface area contributed by atoms with Gasteiger partial charge >= 0.3 is 0 Å². The van der Waals surface area contributed by atoms with Gasteiger partial charge in [0.2, 0.25) is 11.9 Å². The second-order valence-corrected chi connectivity index (χ2v) is 5.99. The van der Waals surface area contributed by atoms with E-state index in [-0.39, 0.29) is 0 Å². The van der Waals surface area contributed by atoms with Crippen LogP contribution in [0.25, 0.3) is 0 Å². The molecule has 1 aliphatic rings. The average molecular weight is 343 g/mol. The van der Waals surface area contributed by atoms with E-state index in [9.17, 15) is 0 Å². The van der Waals surface area contributed by atoms with Crippen LogP contribution in [0.15, 0.2) is 24.5 Å². The van der Waals surface area contributed by atoms with Crippen molar-refractivity contribution in [2.75, 3.05) is 61.6 Å². The highest BCUT2D eigenvalue weighted by molar-refractivity contribution is 5.45. The highest BCUT2D eigenvalue weighted by Crippen LogP contribution is 2.17. The van der Waals surface area contributed by atoms with Gasteiger partial charge in [-0.15, -0.1) is 0 Å². The van der Waals surface area contributed by atoms with Crippen molar-refractivity contribution in [3.8, 4) is 0 Å². The Kier molecular flexibility index (Phi) is 5.95. The third kappa shape index (κ3) is 4.76. The van der Waals surface area contributed by atoms with E-state index in [1.54, 1.807) is 19.5 Å². The summed E-state index contributed by atoms with van der Waals surface area (Å²) in [4.78, 5) is 22.3. The molecule has 1 aliphatic heterocycles. The van der Waals surface area contributed by atoms with Crippen LogP contribution in [0.5, 0.6) is 0 Å². The third-order valence-corrected chi connectivity index (χ3v) is 4.07. The summed E-state index contributed by atoms with van der Waals surface area (Å²) >= 11 is 0. The molecule has 1 fully saturated rings. The van der Waals surface area contributed by atoms with Crippen molar-refractivity contribution in [1.29, 1.82) is 0 Å². The van der Waals surface area contributed by atoms with Crippen LogP contribution in [-0.4, -0.2) is 66.4 Å². The number of nitrogens with zero attached hydrogens (tertiary/aromatic N) is 6. The monoisotopic (exact) mass is 343 g/mol. The normalized spacial score (nSPS) is 14.6. The summed E-state index contributed by atoms with van der Waals surface area (Å²) in [5.41, 5.74) is 0.966. The lowest BCUT2D eigenvalue weighted by molar-refractivity contribution is 0.198. The average Bonchev–Trinajstić information content (AvgIpc) is 2.66. The molecule has 3 rings (SSSR count). The Morgan fingerprint density at radius 1 is 1.04 bits per heavy atom. The van der Waals surface area contributed by atoms with E-state index in [4.69, 9.17) is 4.74 Å². The van der Waals surface area contributed by atoms with Crippen molar-refractivity contribution in [2.24, 2.45) is 0 Å². The molecular formula is C17H25N7O. The Morgan fingerprint density at radius 3 is 2.40 bits per heavy atom. The number of nitrogens with one attached hydrogen (secondary N) is 1. The molecule has 2 aromatic heterocycles. The molecule has 0 aliphatic carbocycles. The van der Waals surface area contributed by atoms with E-state index >= 15 is 0 Å². The molecule has 25 heavy (non-hydrogen) atoms. The fourth-order valence-electron chi connectivity index (χ4n) is 2.78. The molecule has 0 amide bonds. The van der Waals surface area contributed by atoms with Gasteiger partial charge in [-0.1, -0.05) is 0 Å². The molecule has 0 bridgehead atoms. The molecule has 3 heterocycles. The Hall–Kier alpha value is -2.48. The first kappa shape index (κ1) is 17.3. The van der Waals surface area contributed by atoms with Gasteiger partial charge in [-0.3, -0.25) is 0 Å². The molecule has 0 atom stereocenters. The van der Waals surface area contributed by atoms with Crippen molar-refractivity contribution in [3.05, 3.63) is 30.2 Å². The van der Waals surface area contributed by atoms with Gasteiger partial charge in [0.1, 0.15) is 5.82 Å². The zero-order valence-electron chi connectivity index (χ0n) is 14.9. The number of aryl methyl sites for hydroxylation is 1. The summed E-state index contributed by atoms with van der Waals surface area (Å²) in [6.07, 6.45) is 4.50. The summed E-state index contributed by atoms with van der Waals surface area (Å²) in [6, 6.07) is 3.81. The second-order valence-electron chi connectivity index (χ2n) is 5.99. The largest absolute Gasteiger partial charge is 0.385 e. The summed E-state index contributed by atoms with van der Waals surface area (Å²) in [5, 5.41) is 3.35. The van der Waals surface area contributed by atoms with Crippen LogP contribution in [-0.2, 0) is 4.74 Å². The number of hydrogen-bond donors (Lipinski definition) is 1. The molecule has 1 saturated heterocycles. The summed E-state index contributed by atoms with van der Waals surface area (Å²) in [7, 11) is 1.72. The summed E-state index contributed by atoms with van der Waals surface area (Å²) in [5.74, 6) is 2.43. The molecule has 0 unspecified atom stereocenters. The predicted octanol–water partition coefficient (Wildman–Crippen LogP) is 1.35. The maximum Gasteiger partial charge on any atom is 0.227 e. The van der Waals surface area contributed by atoms with Gasteiger partial charge < -0.3 is 19.9 Å². The van der Waals surface area contributed by atoms with Crippen LogP contribution in [0.4, 0.5) is 17.7 Å². The number of aromatic nitrogens is 4. The van der Waals surface area contributed by atoms with Crippen LogP contribution < -0.4 is 15.1 Å². The van der Waals surface area contributed by atoms with E-state index in [2.05, 4.69) is 35.1 Å². The molecule has 0 aromatic carbocycles. The van der Waals surface area contributed by atoms with Crippen LogP contribution in [0.1, 0.15) is 12.1 Å². The molecule has 8 nitrogen and oxygen atoms in total. The molecule has 0 radical (unpaired) electrons. The van der Waals surface area contributed by atoms with E-state index < -0.39 is 0 Å². The van der Waals surface area contributed by atoms with Gasteiger partial charge in [-0.25, -0.2) is 15.0 Å². The van der Waals surface area contributed by atoms with Crippen molar-refractivity contribution in [2.45, 2.75) is 13.3 Å². The first-order chi connectivity index (χ1) is 12.3. The van der Waals surface area contributed by atoms with Gasteiger partial charge in [0, 0.05) is 70.6 Å². The van der Waals surface area contributed by atoms with E-state index in [1.165, 1.54) is 0 Å². The molecule has 1 N–H and O–H groups in total. The minimum atomic E-state index is 0.743. The van der Waals surface area contributed by atoms with Gasteiger partial charge in [-0.05, 0) is 19.4 Å². The van der Waals surface area contributed by atoms with Crippen LogP contribution in [0.2, 0.25) is 0 Å². The molecule has 0 saturated carbocycles. The Bertz CT molecular complexity index is 659. The number of methoxy groups -OCH3 is 1. The lowest BCUT2D eigenvalue weighted by atomic mass is 10.3. The predicted molar refractivity (Wildman–Crippen MR) is 98.2 cm³/mol. The molecule has 8 heteroatoms. The van der Waals surface area contributed by atoms with Crippen LogP contribution >= 0.6 is 0 Å². The minimum absolute atomic E-state index is 0.743. The lowest BCUT2D eigenvalue weighted by Gasteiger charge is -2.34. The molecule has 0 spiro atoms. The Morgan fingerprint density at radius 2 is 1.72 bits per heavy atom. The highest BCUT2D eigenvalue weighted by Gasteiger charge is 2.21. The van der Waals surface area contributed by atoms with Crippen LogP contribution in [0.3, 0.4) is 0 Å². The first-order valence-corrected chi connectivity index (χ1v) is 8.61. The maximum atomic E-state index is 5.07. The van der Waals surface area contributed by atoms with Crippen molar-refractivity contribution in [1.82, 2.24) is 19.9 Å². The number of anilines is 3. The van der Waals surface area contributed by atoms with Gasteiger partial charge in [0.25, 0.3) is 0 Å². The molecule has 134 valence electrons. The number of hydrogen-bond acceptors (Lipinski definition) is 8.